The lowest BCUT2D eigenvalue weighted by atomic mass is 10.0. The summed E-state index contributed by atoms with van der Waals surface area (Å²) < 4.78 is 26.4. The van der Waals surface area contributed by atoms with Crippen molar-refractivity contribution in [2.24, 2.45) is 0 Å². The molecule has 1 amide bonds. The highest BCUT2D eigenvalue weighted by Gasteiger charge is 2.35. The van der Waals surface area contributed by atoms with Crippen LogP contribution in [0.3, 0.4) is 0 Å². The number of pyridine rings is 1. The van der Waals surface area contributed by atoms with Gasteiger partial charge in [-0.2, -0.15) is 0 Å². The molecule has 0 unspecified atom stereocenters. The number of halogens is 2. The summed E-state index contributed by atoms with van der Waals surface area (Å²) in [6.45, 7) is 4.11. The largest absolute Gasteiger partial charge is 0.338 e. The number of nitrogens with zero attached hydrogens (tertiary/aromatic N) is 2. The number of rotatable bonds is 2. The molecule has 0 saturated carbocycles. The number of benzene rings is 1. The Labute approximate surface area is 140 Å². The van der Waals surface area contributed by atoms with E-state index in [1.54, 1.807) is 12.1 Å². The summed E-state index contributed by atoms with van der Waals surface area (Å²) >= 11 is 0. The zero-order valence-electron chi connectivity index (χ0n) is 13.9. The van der Waals surface area contributed by atoms with Gasteiger partial charge in [0, 0.05) is 48.4 Å². The number of alkyl halides is 2. The number of carbonyl (C=O) groups is 1. The van der Waals surface area contributed by atoms with Crippen LogP contribution in [-0.4, -0.2) is 34.8 Å². The Hall–Kier alpha value is -2.30. The van der Waals surface area contributed by atoms with Crippen LogP contribution in [0.25, 0.3) is 11.1 Å². The molecule has 3 nitrogen and oxygen atoms in total. The fraction of sp³-hybridized carbons (Fsp3) is 0.368. The third-order valence-electron chi connectivity index (χ3n) is 4.45. The minimum Gasteiger partial charge on any atom is -0.338 e. The minimum atomic E-state index is -2.64. The first kappa shape index (κ1) is 16.6. The molecular formula is C19H20F2N2O. The lowest BCUT2D eigenvalue weighted by Gasteiger charge is -2.31. The molecule has 0 spiro atoms. The molecule has 0 N–H and O–H groups in total. The molecule has 1 aliphatic rings. The maximum absolute atomic E-state index is 13.2. The highest BCUT2D eigenvalue weighted by Crippen LogP contribution is 2.29. The molecule has 1 aromatic carbocycles. The summed E-state index contributed by atoms with van der Waals surface area (Å²) in [4.78, 5) is 18.4. The summed E-state index contributed by atoms with van der Waals surface area (Å²) in [6.07, 6.45) is -0.518. The Morgan fingerprint density at radius 2 is 1.67 bits per heavy atom. The van der Waals surface area contributed by atoms with Crippen molar-refractivity contribution in [2.45, 2.75) is 32.6 Å². The molecule has 126 valence electrons. The summed E-state index contributed by atoms with van der Waals surface area (Å²) in [6, 6.07) is 11.2. The molecule has 1 aliphatic heterocycles. The molecule has 1 aromatic heterocycles. The number of piperidine rings is 1. The van der Waals surface area contributed by atoms with Gasteiger partial charge in [-0.25, -0.2) is 8.78 Å². The fourth-order valence-corrected chi connectivity index (χ4v) is 3.00. The van der Waals surface area contributed by atoms with Gasteiger partial charge in [0.05, 0.1) is 0 Å². The van der Waals surface area contributed by atoms with Gasteiger partial charge in [-0.3, -0.25) is 9.78 Å². The van der Waals surface area contributed by atoms with E-state index in [4.69, 9.17) is 0 Å². The molecule has 2 aromatic rings. The number of aryl methyl sites for hydroxylation is 2. The van der Waals surface area contributed by atoms with Crippen molar-refractivity contribution >= 4 is 5.91 Å². The molecule has 24 heavy (non-hydrogen) atoms. The van der Waals surface area contributed by atoms with Gasteiger partial charge in [-0.05, 0) is 37.6 Å². The topological polar surface area (TPSA) is 33.2 Å². The molecule has 3 rings (SSSR count). The molecule has 1 saturated heterocycles. The van der Waals surface area contributed by atoms with E-state index in [1.807, 2.05) is 38.1 Å². The van der Waals surface area contributed by atoms with Crippen molar-refractivity contribution in [3.8, 4) is 11.1 Å². The number of carbonyl (C=O) groups excluding carboxylic acids is 1. The first-order valence-electron chi connectivity index (χ1n) is 8.07. The monoisotopic (exact) mass is 330 g/mol. The van der Waals surface area contributed by atoms with Gasteiger partial charge in [-0.1, -0.05) is 18.2 Å². The van der Waals surface area contributed by atoms with Gasteiger partial charge in [0.25, 0.3) is 11.8 Å². The smallest absolute Gasteiger partial charge is 0.253 e. The first-order valence-corrected chi connectivity index (χ1v) is 8.07. The van der Waals surface area contributed by atoms with Gasteiger partial charge in [-0.15, -0.1) is 0 Å². The third-order valence-corrected chi connectivity index (χ3v) is 4.45. The van der Waals surface area contributed by atoms with Crippen LogP contribution in [0.1, 0.15) is 34.6 Å². The average molecular weight is 330 g/mol. The molecule has 5 heteroatoms. The number of aromatic nitrogens is 1. The van der Waals surface area contributed by atoms with Crippen LogP contribution in [-0.2, 0) is 0 Å². The van der Waals surface area contributed by atoms with Crippen LogP contribution in [0, 0.1) is 13.8 Å². The molecule has 0 bridgehead atoms. The van der Waals surface area contributed by atoms with Crippen molar-refractivity contribution in [3.63, 3.8) is 0 Å². The molecule has 0 radical (unpaired) electrons. The molecule has 1 fully saturated rings. The Balaban J connectivity index is 1.76. The second kappa shape index (κ2) is 6.30. The lowest BCUT2D eigenvalue weighted by Crippen LogP contribution is -2.42. The highest BCUT2D eigenvalue weighted by atomic mass is 19.3. The lowest BCUT2D eigenvalue weighted by molar-refractivity contribution is -0.0494. The molecule has 0 aliphatic carbocycles. The van der Waals surface area contributed by atoms with Crippen LogP contribution in [0.4, 0.5) is 8.78 Å². The van der Waals surface area contributed by atoms with Crippen LogP contribution in [0.2, 0.25) is 0 Å². The van der Waals surface area contributed by atoms with Crippen molar-refractivity contribution in [2.75, 3.05) is 13.1 Å². The number of amides is 1. The van der Waals surface area contributed by atoms with Gasteiger partial charge in [0.15, 0.2) is 0 Å². The Kier molecular flexibility index (Phi) is 4.35. The molecule has 0 atom stereocenters. The third kappa shape index (κ3) is 3.45. The Morgan fingerprint density at radius 1 is 1.04 bits per heavy atom. The zero-order chi connectivity index (χ0) is 17.3. The molecular weight excluding hydrogens is 310 g/mol. The van der Waals surface area contributed by atoms with Gasteiger partial charge in [0.1, 0.15) is 0 Å². The van der Waals surface area contributed by atoms with E-state index in [1.165, 1.54) is 4.90 Å². The second-order valence-electron chi connectivity index (χ2n) is 6.31. The van der Waals surface area contributed by atoms with E-state index in [2.05, 4.69) is 4.98 Å². The van der Waals surface area contributed by atoms with Gasteiger partial charge < -0.3 is 4.90 Å². The van der Waals surface area contributed by atoms with Crippen LogP contribution in [0.15, 0.2) is 36.4 Å². The Bertz CT molecular complexity index is 746. The average Bonchev–Trinajstić information content (AvgIpc) is 2.54. The van der Waals surface area contributed by atoms with E-state index in [-0.39, 0.29) is 31.8 Å². The Morgan fingerprint density at radius 3 is 2.25 bits per heavy atom. The quantitative estimate of drug-likeness (QED) is 0.825. The normalized spacial score (nSPS) is 16.9. The predicted molar refractivity (Wildman–Crippen MR) is 89.2 cm³/mol. The van der Waals surface area contributed by atoms with Crippen molar-refractivity contribution in [3.05, 3.63) is 53.3 Å². The van der Waals surface area contributed by atoms with Gasteiger partial charge >= 0.3 is 0 Å². The SMILES string of the molecule is Cc1ccc(-c2ccc(C(=O)N3CCC(F)(F)CC3)cc2)c(C)n1. The van der Waals surface area contributed by atoms with Crippen LogP contribution < -0.4 is 0 Å². The fourth-order valence-electron chi connectivity index (χ4n) is 3.00. The minimum absolute atomic E-state index is 0.106. The number of hydrogen-bond donors (Lipinski definition) is 0. The van der Waals surface area contributed by atoms with E-state index in [9.17, 15) is 13.6 Å². The first-order chi connectivity index (χ1) is 11.4. The summed E-state index contributed by atoms with van der Waals surface area (Å²) in [5.41, 5.74) is 4.44. The van der Waals surface area contributed by atoms with Crippen molar-refractivity contribution in [1.82, 2.24) is 9.88 Å². The van der Waals surface area contributed by atoms with E-state index >= 15 is 0 Å². The van der Waals surface area contributed by atoms with Crippen LogP contribution in [0.5, 0.6) is 0 Å². The molecule has 2 heterocycles. The van der Waals surface area contributed by atoms with E-state index < -0.39 is 5.92 Å². The van der Waals surface area contributed by atoms with E-state index in [0.29, 0.717) is 5.56 Å². The van der Waals surface area contributed by atoms with Crippen molar-refractivity contribution < 1.29 is 13.6 Å². The predicted octanol–water partition coefficient (Wildman–Crippen LogP) is 4.24. The maximum Gasteiger partial charge on any atom is 0.253 e. The number of likely N-dealkylation sites (tertiary alicyclic amines) is 1. The standard InChI is InChI=1S/C19H20F2N2O/c1-13-3-8-17(14(2)22-13)15-4-6-16(7-5-15)18(24)23-11-9-19(20,21)10-12-23/h3-8H,9-12H2,1-2H3. The summed E-state index contributed by atoms with van der Waals surface area (Å²) in [5, 5.41) is 0. The highest BCUT2D eigenvalue weighted by molar-refractivity contribution is 5.94. The zero-order valence-corrected chi connectivity index (χ0v) is 13.9. The summed E-state index contributed by atoms with van der Waals surface area (Å²) in [5.74, 6) is -2.83. The second-order valence-corrected chi connectivity index (χ2v) is 6.31. The van der Waals surface area contributed by atoms with Crippen molar-refractivity contribution in [1.29, 1.82) is 0 Å². The van der Waals surface area contributed by atoms with E-state index in [0.717, 1.165) is 22.5 Å². The summed E-state index contributed by atoms with van der Waals surface area (Å²) in [7, 11) is 0. The van der Waals surface area contributed by atoms with Gasteiger partial charge in [0.2, 0.25) is 0 Å². The van der Waals surface area contributed by atoms with Crippen LogP contribution >= 0.6 is 0 Å². The maximum atomic E-state index is 13.2. The number of hydrogen-bond acceptors (Lipinski definition) is 2.